The Kier molecular flexibility index (Phi) is 3.56. The fraction of sp³-hybridized carbons (Fsp3) is 0.818. The van der Waals surface area contributed by atoms with E-state index in [1.165, 1.54) is 0 Å². The molecule has 3 unspecified atom stereocenters. The molecule has 1 aromatic heterocycles. The Morgan fingerprint density at radius 1 is 1.62 bits per heavy atom. The number of hydrogen-bond acceptors (Lipinski definition) is 5. The van der Waals surface area contributed by atoms with Crippen LogP contribution in [0.3, 0.4) is 0 Å². The predicted molar refractivity (Wildman–Crippen MR) is 58.9 cm³/mol. The summed E-state index contributed by atoms with van der Waals surface area (Å²) in [4.78, 5) is 4.32. The highest BCUT2D eigenvalue weighted by Gasteiger charge is 2.39. The number of nitrogens with two attached hydrogens (primary N) is 1. The second kappa shape index (κ2) is 4.93. The van der Waals surface area contributed by atoms with Crippen LogP contribution in [0.25, 0.3) is 0 Å². The Balaban J connectivity index is 1.86. The van der Waals surface area contributed by atoms with Crippen LogP contribution in [0.5, 0.6) is 0 Å². The molecule has 0 spiro atoms. The zero-order chi connectivity index (χ0) is 11.5. The van der Waals surface area contributed by atoms with Crippen molar-refractivity contribution >= 4 is 0 Å². The van der Waals surface area contributed by atoms with Gasteiger partial charge in [0.15, 0.2) is 5.82 Å². The lowest BCUT2D eigenvalue weighted by molar-refractivity contribution is 0.119. The molecule has 1 heterocycles. The normalized spacial score (nSPS) is 25.7. The molecule has 0 radical (unpaired) electrons. The van der Waals surface area contributed by atoms with E-state index in [0.717, 1.165) is 25.3 Å². The zero-order valence-corrected chi connectivity index (χ0v) is 9.85. The van der Waals surface area contributed by atoms with Crippen LogP contribution in [0.4, 0.5) is 0 Å². The molecular formula is C11H19N3O2. The van der Waals surface area contributed by atoms with Crippen molar-refractivity contribution in [3.05, 3.63) is 11.7 Å². The SMILES string of the molecule is CCCOCC(N)c1noc(C2CC2C)n1. The molecule has 5 heteroatoms. The summed E-state index contributed by atoms with van der Waals surface area (Å²) >= 11 is 0. The van der Waals surface area contributed by atoms with Crippen molar-refractivity contribution in [1.29, 1.82) is 0 Å². The van der Waals surface area contributed by atoms with E-state index in [2.05, 4.69) is 24.0 Å². The van der Waals surface area contributed by atoms with Crippen LogP contribution in [-0.2, 0) is 4.74 Å². The molecule has 0 saturated heterocycles. The van der Waals surface area contributed by atoms with Crippen LogP contribution in [0.1, 0.15) is 50.4 Å². The Bertz CT molecular complexity index is 340. The van der Waals surface area contributed by atoms with Gasteiger partial charge in [0.2, 0.25) is 5.89 Å². The van der Waals surface area contributed by atoms with Crippen LogP contribution >= 0.6 is 0 Å². The quantitative estimate of drug-likeness (QED) is 0.745. The minimum atomic E-state index is -0.280. The highest BCUT2D eigenvalue weighted by Crippen LogP contribution is 2.46. The molecule has 0 aromatic carbocycles. The van der Waals surface area contributed by atoms with Gasteiger partial charge in [0, 0.05) is 12.5 Å². The van der Waals surface area contributed by atoms with Gasteiger partial charge in [-0.1, -0.05) is 19.0 Å². The fourth-order valence-corrected chi connectivity index (χ4v) is 1.64. The van der Waals surface area contributed by atoms with E-state index in [9.17, 15) is 0 Å². The maximum Gasteiger partial charge on any atom is 0.230 e. The van der Waals surface area contributed by atoms with Gasteiger partial charge in [-0.25, -0.2) is 0 Å². The summed E-state index contributed by atoms with van der Waals surface area (Å²) in [7, 11) is 0. The van der Waals surface area contributed by atoms with Gasteiger partial charge in [0.1, 0.15) is 0 Å². The summed E-state index contributed by atoms with van der Waals surface area (Å²) in [6, 6.07) is -0.280. The molecule has 0 amide bonds. The van der Waals surface area contributed by atoms with Gasteiger partial charge in [-0.3, -0.25) is 0 Å². The lowest BCUT2D eigenvalue weighted by atomic mass is 10.3. The molecule has 3 atom stereocenters. The first kappa shape index (κ1) is 11.5. The number of ether oxygens (including phenoxy) is 1. The average molecular weight is 225 g/mol. The number of aromatic nitrogens is 2. The van der Waals surface area contributed by atoms with E-state index in [0.29, 0.717) is 24.3 Å². The van der Waals surface area contributed by atoms with Gasteiger partial charge < -0.3 is 15.0 Å². The lowest BCUT2D eigenvalue weighted by Crippen LogP contribution is -2.18. The standard InChI is InChI=1S/C11H19N3O2/c1-3-4-15-6-9(12)10-13-11(16-14-10)8-5-7(8)2/h7-9H,3-6,12H2,1-2H3. The first-order chi connectivity index (χ1) is 7.72. The van der Waals surface area contributed by atoms with E-state index < -0.39 is 0 Å². The largest absolute Gasteiger partial charge is 0.379 e. The molecular weight excluding hydrogens is 206 g/mol. The number of rotatable bonds is 6. The van der Waals surface area contributed by atoms with Crippen LogP contribution in [0.15, 0.2) is 4.52 Å². The molecule has 2 rings (SSSR count). The summed E-state index contributed by atoms with van der Waals surface area (Å²) in [6.45, 7) is 5.41. The molecule has 0 aliphatic heterocycles. The van der Waals surface area contributed by atoms with E-state index in [4.69, 9.17) is 15.0 Å². The van der Waals surface area contributed by atoms with Crippen LogP contribution in [0, 0.1) is 5.92 Å². The van der Waals surface area contributed by atoms with Crippen molar-refractivity contribution in [2.45, 2.75) is 38.6 Å². The maximum absolute atomic E-state index is 5.89. The number of nitrogens with zero attached hydrogens (tertiary/aromatic N) is 2. The van der Waals surface area contributed by atoms with E-state index >= 15 is 0 Å². The van der Waals surface area contributed by atoms with Gasteiger partial charge >= 0.3 is 0 Å². The van der Waals surface area contributed by atoms with Crippen molar-refractivity contribution < 1.29 is 9.26 Å². The smallest absolute Gasteiger partial charge is 0.230 e. The molecule has 16 heavy (non-hydrogen) atoms. The summed E-state index contributed by atoms with van der Waals surface area (Å²) in [5, 5.41) is 3.90. The first-order valence-corrected chi connectivity index (χ1v) is 5.89. The van der Waals surface area contributed by atoms with Crippen molar-refractivity contribution in [2.75, 3.05) is 13.2 Å². The Labute approximate surface area is 95.3 Å². The summed E-state index contributed by atoms with van der Waals surface area (Å²) in [5.41, 5.74) is 5.89. The van der Waals surface area contributed by atoms with Crippen molar-refractivity contribution in [2.24, 2.45) is 11.7 Å². The van der Waals surface area contributed by atoms with E-state index in [-0.39, 0.29) is 6.04 Å². The molecule has 1 saturated carbocycles. The Morgan fingerprint density at radius 3 is 3.00 bits per heavy atom. The zero-order valence-electron chi connectivity index (χ0n) is 9.85. The van der Waals surface area contributed by atoms with Gasteiger partial charge in [0.25, 0.3) is 0 Å². The predicted octanol–water partition coefficient (Wildman–Crippen LogP) is 1.62. The first-order valence-electron chi connectivity index (χ1n) is 5.89. The third kappa shape index (κ3) is 2.59. The molecule has 1 fully saturated rings. The van der Waals surface area contributed by atoms with Crippen molar-refractivity contribution in [1.82, 2.24) is 10.1 Å². The molecule has 1 aliphatic carbocycles. The van der Waals surface area contributed by atoms with Crippen LogP contribution in [-0.4, -0.2) is 23.4 Å². The molecule has 2 N–H and O–H groups in total. The summed E-state index contributed by atoms with van der Waals surface area (Å²) in [6.07, 6.45) is 2.13. The highest BCUT2D eigenvalue weighted by molar-refractivity contribution is 5.07. The van der Waals surface area contributed by atoms with Crippen LogP contribution < -0.4 is 5.73 Å². The highest BCUT2D eigenvalue weighted by atomic mass is 16.5. The van der Waals surface area contributed by atoms with E-state index in [1.54, 1.807) is 0 Å². The topological polar surface area (TPSA) is 74.2 Å². The monoisotopic (exact) mass is 225 g/mol. The summed E-state index contributed by atoms with van der Waals surface area (Å²) in [5.74, 6) is 2.41. The third-order valence-corrected chi connectivity index (χ3v) is 2.86. The molecule has 90 valence electrons. The van der Waals surface area contributed by atoms with E-state index in [1.807, 2.05) is 0 Å². The molecule has 1 aliphatic rings. The maximum atomic E-state index is 5.89. The lowest BCUT2D eigenvalue weighted by Gasteiger charge is -2.06. The molecule has 5 nitrogen and oxygen atoms in total. The number of hydrogen-bond donors (Lipinski definition) is 1. The Morgan fingerprint density at radius 2 is 2.38 bits per heavy atom. The second-order valence-electron chi connectivity index (χ2n) is 4.49. The molecule has 0 bridgehead atoms. The van der Waals surface area contributed by atoms with Gasteiger partial charge in [0.05, 0.1) is 12.6 Å². The van der Waals surface area contributed by atoms with Gasteiger partial charge in [-0.15, -0.1) is 0 Å². The molecule has 1 aromatic rings. The summed E-state index contributed by atoms with van der Waals surface area (Å²) < 4.78 is 10.5. The third-order valence-electron chi connectivity index (χ3n) is 2.86. The second-order valence-corrected chi connectivity index (χ2v) is 4.49. The minimum absolute atomic E-state index is 0.280. The van der Waals surface area contributed by atoms with Gasteiger partial charge in [-0.05, 0) is 18.8 Å². The Hall–Kier alpha value is -0.940. The average Bonchev–Trinajstić information content (AvgIpc) is 2.82. The van der Waals surface area contributed by atoms with Crippen LogP contribution in [0.2, 0.25) is 0 Å². The van der Waals surface area contributed by atoms with Crippen molar-refractivity contribution in [3.8, 4) is 0 Å². The van der Waals surface area contributed by atoms with Crippen molar-refractivity contribution in [3.63, 3.8) is 0 Å². The fourth-order valence-electron chi connectivity index (χ4n) is 1.64. The minimum Gasteiger partial charge on any atom is -0.379 e. The van der Waals surface area contributed by atoms with Gasteiger partial charge in [-0.2, -0.15) is 4.98 Å².